The van der Waals surface area contributed by atoms with Gasteiger partial charge < -0.3 is 39.1 Å². The highest BCUT2D eigenvalue weighted by Crippen LogP contribution is 2.45. The van der Waals surface area contributed by atoms with Gasteiger partial charge in [-0.1, -0.05) is 12.1 Å². The minimum Gasteiger partial charge on any atom is -0.506 e. The van der Waals surface area contributed by atoms with Gasteiger partial charge in [0, 0.05) is 25.1 Å². The predicted octanol–water partition coefficient (Wildman–Crippen LogP) is 2.84. The summed E-state index contributed by atoms with van der Waals surface area (Å²) >= 11 is 0. The van der Waals surface area contributed by atoms with Gasteiger partial charge in [-0.25, -0.2) is 4.79 Å². The molecule has 0 unspecified atom stereocenters. The number of carbonyl (C=O) groups excluding carboxylic acids is 2. The topological polar surface area (TPSA) is 145 Å². The third kappa shape index (κ3) is 5.51. The summed E-state index contributed by atoms with van der Waals surface area (Å²) in [4.78, 5) is 41.0. The first-order valence-corrected chi connectivity index (χ1v) is 11.8. The molecule has 38 heavy (non-hydrogen) atoms. The third-order valence-corrected chi connectivity index (χ3v) is 6.07. The highest BCUT2D eigenvalue weighted by molar-refractivity contribution is 5.92. The summed E-state index contributed by atoms with van der Waals surface area (Å²) in [5, 5.41) is 13.9. The number of aromatic nitrogens is 1. The number of carbonyl (C=O) groups is 2. The molecule has 0 bridgehead atoms. The molecule has 11 heteroatoms. The minimum absolute atomic E-state index is 0.0215. The van der Waals surface area contributed by atoms with Gasteiger partial charge >= 0.3 is 5.97 Å². The molecule has 200 valence electrons. The molecule has 0 aliphatic carbocycles. The van der Waals surface area contributed by atoms with Crippen molar-refractivity contribution >= 4 is 11.9 Å². The van der Waals surface area contributed by atoms with E-state index in [1.807, 2.05) is 12.1 Å². The van der Waals surface area contributed by atoms with E-state index in [-0.39, 0.29) is 37.5 Å². The maximum absolute atomic E-state index is 13.1. The molecule has 2 aromatic carbocycles. The number of rotatable bonds is 10. The molecule has 1 aliphatic heterocycles. The summed E-state index contributed by atoms with van der Waals surface area (Å²) < 4.78 is 26.6. The molecular weight excluding hydrogens is 496 g/mol. The van der Waals surface area contributed by atoms with Crippen molar-refractivity contribution in [3.05, 3.63) is 75.2 Å². The van der Waals surface area contributed by atoms with Gasteiger partial charge in [-0.3, -0.25) is 9.59 Å². The van der Waals surface area contributed by atoms with E-state index in [2.05, 4.69) is 10.3 Å². The Kier molecular flexibility index (Phi) is 8.05. The standard InChI is InChI=1S/C27H28N2O9/c1-4-36-27(33)19-13-29-26(32)23(24(19)31)18(16-9-20(35-3)25-21(10-16)37-14-38-25)11-22(30)28-12-15-5-7-17(34-2)8-6-15/h5-10,13,18H,4,11-12,14H2,1-3H3,(H,28,30)(H2,29,31,32)/t18-/m0/s1. The van der Waals surface area contributed by atoms with Crippen LogP contribution in [0.4, 0.5) is 0 Å². The van der Waals surface area contributed by atoms with Crippen LogP contribution in [-0.4, -0.2) is 49.6 Å². The number of aromatic hydroxyl groups is 1. The lowest BCUT2D eigenvalue weighted by Gasteiger charge is -2.20. The monoisotopic (exact) mass is 524 g/mol. The minimum atomic E-state index is -0.979. The van der Waals surface area contributed by atoms with E-state index >= 15 is 0 Å². The zero-order valence-electron chi connectivity index (χ0n) is 21.2. The smallest absolute Gasteiger partial charge is 0.343 e. The van der Waals surface area contributed by atoms with Gasteiger partial charge in [-0.2, -0.15) is 0 Å². The number of nitrogens with one attached hydrogen (secondary N) is 2. The first-order chi connectivity index (χ1) is 18.4. The van der Waals surface area contributed by atoms with Crippen LogP contribution in [0.2, 0.25) is 0 Å². The fraction of sp³-hybridized carbons (Fsp3) is 0.296. The van der Waals surface area contributed by atoms with Gasteiger partial charge in [0.2, 0.25) is 18.4 Å². The lowest BCUT2D eigenvalue weighted by atomic mass is 9.87. The van der Waals surface area contributed by atoms with Gasteiger partial charge in [0.15, 0.2) is 11.5 Å². The number of esters is 1. The van der Waals surface area contributed by atoms with Gasteiger partial charge in [-0.05, 0) is 42.3 Å². The molecule has 1 atom stereocenters. The number of hydrogen-bond acceptors (Lipinski definition) is 9. The summed E-state index contributed by atoms with van der Waals surface area (Å²) in [6, 6.07) is 10.4. The number of methoxy groups -OCH3 is 2. The second-order valence-corrected chi connectivity index (χ2v) is 8.35. The number of fused-ring (bicyclic) bond motifs is 1. The molecule has 2 heterocycles. The molecule has 0 saturated carbocycles. The Balaban J connectivity index is 1.71. The van der Waals surface area contributed by atoms with Crippen LogP contribution in [-0.2, 0) is 16.1 Å². The lowest BCUT2D eigenvalue weighted by molar-refractivity contribution is -0.121. The van der Waals surface area contributed by atoms with Crippen LogP contribution in [0, 0.1) is 0 Å². The fourth-order valence-electron chi connectivity index (χ4n) is 4.16. The second kappa shape index (κ2) is 11.6. The van der Waals surface area contributed by atoms with Crippen molar-refractivity contribution in [3.8, 4) is 28.7 Å². The SMILES string of the molecule is CCOC(=O)c1c[nH]c(=O)c([C@@H](CC(=O)NCc2ccc(OC)cc2)c2cc(OC)c3c(c2)OCO3)c1O. The molecule has 3 aromatic rings. The van der Waals surface area contributed by atoms with Crippen molar-refractivity contribution in [2.45, 2.75) is 25.8 Å². The van der Waals surface area contributed by atoms with Crippen LogP contribution < -0.4 is 29.8 Å². The highest BCUT2D eigenvalue weighted by Gasteiger charge is 2.31. The van der Waals surface area contributed by atoms with Crippen molar-refractivity contribution in [1.82, 2.24) is 10.3 Å². The van der Waals surface area contributed by atoms with E-state index in [0.717, 1.165) is 11.8 Å². The maximum atomic E-state index is 13.1. The molecule has 1 amide bonds. The van der Waals surface area contributed by atoms with Gasteiger partial charge in [0.25, 0.3) is 5.56 Å². The van der Waals surface area contributed by atoms with Gasteiger partial charge in [0.05, 0.1) is 26.4 Å². The number of ether oxygens (including phenoxy) is 5. The molecule has 1 aromatic heterocycles. The fourth-order valence-corrected chi connectivity index (χ4v) is 4.16. The second-order valence-electron chi connectivity index (χ2n) is 8.35. The Bertz CT molecular complexity index is 1380. The molecular formula is C27H28N2O9. The summed E-state index contributed by atoms with van der Waals surface area (Å²) in [5.41, 5.74) is 0.215. The molecule has 4 rings (SSSR count). The third-order valence-electron chi connectivity index (χ3n) is 6.07. The Morgan fingerprint density at radius 3 is 2.58 bits per heavy atom. The van der Waals surface area contributed by atoms with Gasteiger partial charge in [0.1, 0.15) is 17.1 Å². The molecule has 11 nitrogen and oxygen atoms in total. The quantitative estimate of drug-likeness (QED) is 0.341. The van der Waals surface area contributed by atoms with E-state index in [1.165, 1.54) is 7.11 Å². The maximum Gasteiger partial charge on any atom is 0.343 e. The average molecular weight is 525 g/mol. The van der Waals surface area contributed by atoms with Crippen LogP contribution in [0.15, 0.2) is 47.4 Å². The van der Waals surface area contributed by atoms with Crippen molar-refractivity contribution in [1.29, 1.82) is 0 Å². The van der Waals surface area contributed by atoms with Gasteiger partial charge in [-0.15, -0.1) is 0 Å². The van der Waals surface area contributed by atoms with E-state index in [0.29, 0.717) is 28.6 Å². The Labute approximate surface area is 218 Å². The largest absolute Gasteiger partial charge is 0.506 e. The van der Waals surface area contributed by atoms with E-state index in [1.54, 1.807) is 38.3 Å². The Morgan fingerprint density at radius 1 is 1.13 bits per heavy atom. The molecule has 0 saturated heterocycles. The average Bonchev–Trinajstić information content (AvgIpc) is 3.40. The van der Waals surface area contributed by atoms with E-state index < -0.39 is 29.1 Å². The number of H-pyrrole nitrogens is 1. The molecule has 0 radical (unpaired) electrons. The summed E-state index contributed by atoms with van der Waals surface area (Å²) in [7, 11) is 3.01. The van der Waals surface area contributed by atoms with Crippen LogP contribution >= 0.6 is 0 Å². The number of pyridine rings is 1. The van der Waals surface area contributed by atoms with Crippen LogP contribution in [0.25, 0.3) is 0 Å². The Hall–Kier alpha value is -4.67. The van der Waals surface area contributed by atoms with E-state index in [9.17, 15) is 19.5 Å². The summed E-state index contributed by atoms with van der Waals surface area (Å²) in [6.07, 6.45) is 0.849. The number of hydrogen-bond donors (Lipinski definition) is 3. The van der Waals surface area contributed by atoms with Crippen molar-refractivity contribution in [2.75, 3.05) is 27.6 Å². The van der Waals surface area contributed by atoms with Crippen LogP contribution in [0.3, 0.4) is 0 Å². The van der Waals surface area contributed by atoms with Crippen LogP contribution in [0.1, 0.15) is 46.3 Å². The van der Waals surface area contributed by atoms with Crippen LogP contribution in [0.5, 0.6) is 28.7 Å². The van der Waals surface area contributed by atoms with Crippen molar-refractivity contribution in [2.24, 2.45) is 0 Å². The Morgan fingerprint density at radius 2 is 1.89 bits per heavy atom. The summed E-state index contributed by atoms with van der Waals surface area (Å²) in [5.74, 6) is -0.998. The highest BCUT2D eigenvalue weighted by atomic mass is 16.7. The molecule has 1 aliphatic rings. The normalized spacial score (nSPS) is 12.5. The first kappa shape index (κ1) is 26.4. The van der Waals surface area contributed by atoms with Crippen molar-refractivity contribution in [3.63, 3.8) is 0 Å². The molecule has 3 N–H and O–H groups in total. The van der Waals surface area contributed by atoms with E-state index in [4.69, 9.17) is 23.7 Å². The summed E-state index contributed by atoms with van der Waals surface area (Å²) in [6.45, 7) is 1.90. The van der Waals surface area contributed by atoms with Crippen molar-refractivity contribution < 1.29 is 38.4 Å². The number of aromatic amines is 1. The molecule has 0 spiro atoms. The zero-order chi connectivity index (χ0) is 27.2. The molecule has 0 fully saturated rings. The first-order valence-electron chi connectivity index (χ1n) is 11.8. The zero-order valence-corrected chi connectivity index (χ0v) is 21.2. The number of benzene rings is 2. The lowest BCUT2D eigenvalue weighted by Crippen LogP contribution is -2.27. The number of amides is 1. The predicted molar refractivity (Wildman–Crippen MR) is 135 cm³/mol.